The highest BCUT2D eigenvalue weighted by atomic mass is 32.1. The number of carboxylic acids is 2. The van der Waals surface area contributed by atoms with Crippen molar-refractivity contribution in [1.29, 1.82) is 0 Å². The van der Waals surface area contributed by atoms with Crippen LogP contribution in [-0.4, -0.2) is 27.1 Å². The van der Waals surface area contributed by atoms with Crippen LogP contribution in [0.15, 0.2) is 84.9 Å². The second kappa shape index (κ2) is 11.3. The Labute approximate surface area is 227 Å². The smallest absolute Gasteiger partial charge is 0.336 e. The molecule has 0 bridgehead atoms. The lowest BCUT2D eigenvalue weighted by molar-refractivity contribution is 0.0696. The predicted octanol–water partition coefficient (Wildman–Crippen LogP) is 7.17. The van der Waals surface area contributed by atoms with Crippen LogP contribution in [0.25, 0.3) is 22.4 Å². The van der Waals surface area contributed by atoms with Crippen LogP contribution in [0.4, 0.5) is 4.39 Å². The molecule has 0 aliphatic carbocycles. The van der Waals surface area contributed by atoms with E-state index in [0.29, 0.717) is 11.3 Å². The number of rotatable bonds is 9. The minimum Gasteiger partial charge on any atom is -0.486 e. The fraction of sp³-hybridized carbons (Fsp3) is 0.0645. The second-order valence-corrected chi connectivity index (χ2v) is 9.89. The molecule has 0 fully saturated rings. The van der Waals surface area contributed by atoms with Gasteiger partial charge in [0.05, 0.1) is 21.3 Å². The molecule has 2 N–H and O–H groups in total. The van der Waals surface area contributed by atoms with Gasteiger partial charge in [-0.25, -0.2) is 19.0 Å². The zero-order chi connectivity index (χ0) is 27.4. The number of carbonyl (C=O) groups is 2. The van der Waals surface area contributed by atoms with E-state index in [9.17, 15) is 24.2 Å². The van der Waals surface area contributed by atoms with Gasteiger partial charge in [0.25, 0.3) is 0 Å². The van der Waals surface area contributed by atoms with E-state index >= 15 is 0 Å². The van der Waals surface area contributed by atoms with Crippen molar-refractivity contribution >= 4 is 45.6 Å². The van der Waals surface area contributed by atoms with Crippen molar-refractivity contribution in [2.75, 3.05) is 0 Å². The maximum Gasteiger partial charge on any atom is 0.336 e. The zero-order valence-electron chi connectivity index (χ0n) is 20.5. The third-order valence-electron chi connectivity index (χ3n) is 6.08. The summed E-state index contributed by atoms with van der Waals surface area (Å²) in [5, 5.41) is 19.8. The number of fused-ring (bicyclic) bond motifs is 1. The minimum absolute atomic E-state index is 0.0157. The summed E-state index contributed by atoms with van der Waals surface area (Å²) in [6, 6.07) is 23.9. The molecule has 0 unspecified atom stereocenters. The Kier molecular flexibility index (Phi) is 7.47. The number of halogens is 1. The van der Waals surface area contributed by atoms with Gasteiger partial charge in [-0.3, -0.25) is 0 Å². The standard InChI is InChI=1S/C31H22FNO5S/c32-22-13-14-28-27(17-22)33-29(39-28)18-38-23-4-1-3-20(15-23)10-7-19-8-11-21(12-9-19)16-26-24(30(34)35)5-2-6-25(26)31(36)37/h1-15,17H,16,18H2,(H,34,35)(H,36,37). The van der Waals surface area contributed by atoms with Crippen LogP contribution >= 0.6 is 11.3 Å². The first-order valence-electron chi connectivity index (χ1n) is 12.0. The molecule has 0 aliphatic rings. The first kappa shape index (κ1) is 25.8. The highest BCUT2D eigenvalue weighted by Crippen LogP contribution is 2.25. The average molecular weight is 540 g/mol. The van der Waals surface area contributed by atoms with Gasteiger partial charge in [0, 0.05) is 6.07 Å². The number of hydrogen-bond acceptors (Lipinski definition) is 5. The normalized spacial score (nSPS) is 11.2. The van der Waals surface area contributed by atoms with Crippen LogP contribution in [0.2, 0.25) is 0 Å². The summed E-state index contributed by atoms with van der Waals surface area (Å²) in [6.07, 6.45) is 4.08. The molecule has 0 amide bonds. The van der Waals surface area contributed by atoms with E-state index in [1.807, 2.05) is 60.7 Å². The summed E-state index contributed by atoms with van der Waals surface area (Å²) in [6.45, 7) is 0.282. The fourth-order valence-electron chi connectivity index (χ4n) is 4.18. The number of aromatic carboxylic acids is 2. The molecule has 5 rings (SSSR count). The monoisotopic (exact) mass is 539 g/mol. The van der Waals surface area contributed by atoms with Crippen LogP contribution in [0, 0.1) is 5.82 Å². The van der Waals surface area contributed by atoms with Crippen LogP contribution in [0.5, 0.6) is 5.75 Å². The highest BCUT2D eigenvalue weighted by Gasteiger charge is 2.18. The maximum absolute atomic E-state index is 13.4. The summed E-state index contributed by atoms with van der Waals surface area (Å²) >= 11 is 1.47. The molecule has 0 atom stereocenters. The summed E-state index contributed by atoms with van der Waals surface area (Å²) in [5.41, 5.74) is 3.53. The van der Waals surface area contributed by atoms with Crippen LogP contribution < -0.4 is 4.74 Å². The molecule has 6 nitrogen and oxygen atoms in total. The van der Waals surface area contributed by atoms with Gasteiger partial charge in [-0.1, -0.05) is 54.6 Å². The Morgan fingerprint density at radius 2 is 1.54 bits per heavy atom. The summed E-state index contributed by atoms with van der Waals surface area (Å²) in [7, 11) is 0. The van der Waals surface area contributed by atoms with Crippen LogP contribution in [0.1, 0.15) is 48.0 Å². The maximum atomic E-state index is 13.4. The Morgan fingerprint density at radius 3 is 2.26 bits per heavy atom. The van der Waals surface area contributed by atoms with Crippen molar-refractivity contribution in [2.24, 2.45) is 0 Å². The Balaban J connectivity index is 1.25. The van der Waals surface area contributed by atoms with E-state index < -0.39 is 11.9 Å². The van der Waals surface area contributed by atoms with Gasteiger partial charge in [0.2, 0.25) is 0 Å². The third kappa shape index (κ3) is 6.19. The zero-order valence-corrected chi connectivity index (χ0v) is 21.3. The van der Waals surface area contributed by atoms with E-state index in [0.717, 1.165) is 26.4 Å². The number of benzene rings is 4. The van der Waals surface area contributed by atoms with Gasteiger partial charge < -0.3 is 14.9 Å². The molecule has 1 aromatic heterocycles. The molecule has 1 heterocycles. The van der Waals surface area contributed by atoms with Crippen molar-refractivity contribution in [3.63, 3.8) is 0 Å². The van der Waals surface area contributed by atoms with Crippen molar-refractivity contribution in [2.45, 2.75) is 13.0 Å². The Hall–Kier alpha value is -4.82. The predicted molar refractivity (Wildman–Crippen MR) is 149 cm³/mol. The number of ether oxygens (including phenoxy) is 1. The summed E-state index contributed by atoms with van der Waals surface area (Å²) in [4.78, 5) is 27.7. The first-order valence-corrected chi connectivity index (χ1v) is 12.8. The summed E-state index contributed by atoms with van der Waals surface area (Å²) < 4.78 is 20.2. The topological polar surface area (TPSA) is 96.7 Å². The molecule has 0 saturated heterocycles. The Morgan fingerprint density at radius 1 is 0.846 bits per heavy atom. The van der Waals surface area contributed by atoms with Gasteiger partial charge in [-0.05, 0) is 65.1 Å². The lowest BCUT2D eigenvalue weighted by atomic mass is 9.94. The number of nitrogens with zero attached hydrogens (tertiary/aromatic N) is 1. The number of hydrogen-bond donors (Lipinski definition) is 2. The number of thiazole rings is 1. The second-order valence-electron chi connectivity index (χ2n) is 8.77. The number of aromatic nitrogens is 1. The third-order valence-corrected chi connectivity index (χ3v) is 7.09. The molecule has 39 heavy (non-hydrogen) atoms. The molecule has 8 heteroatoms. The quantitative estimate of drug-likeness (QED) is 0.193. The van der Waals surface area contributed by atoms with Crippen molar-refractivity contribution < 1.29 is 28.9 Å². The largest absolute Gasteiger partial charge is 0.486 e. The van der Waals surface area contributed by atoms with Crippen molar-refractivity contribution in [3.8, 4) is 5.75 Å². The van der Waals surface area contributed by atoms with Gasteiger partial charge in [0.15, 0.2) is 0 Å². The molecule has 0 saturated carbocycles. The van der Waals surface area contributed by atoms with Gasteiger partial charge >= 0.3 is 11.9 Å². The lowest BCUT2D eigenvalue weighted by Gasteiger charge is -2.10. The molecule has 0 radical (unpaired) electrons. The van der Waals surface area contributed by atoms with E-state index in [1.165, 1.54) is 41.7 Å². The van der Waals surface area contributed by atoms with E-state index in [1.54, 1.807) is 6.07 Å². The van der Waals surface area contributed by atoms with Crippen molar-refractivity contribution in [1.82, 2.24) is 4.98 Å². The minimum atomic E-state index is -1.16. The Bertz CT molecular complexity index is 1680. The highest BCUT2D eigenvalue weighted by molar-refractivity contribution is 7.18. The molecule has 194 valence electrons. The average Bonchev–Trinajstić information content (AvgIpc) is 3.33. The van der Waals surface area contributed by atoms with Gasteiger partial charge in [-0.2, -0.15) is 0 Å². The summed E-state index contributed by atoms with van der Waals surface area (Å²) in [5.74, 6) is -1.95. The molecule has 0 aliphatic heterocycles. The molecular weight excluding hydrogens is 517 g/mol. The number of carboxylic acid groups (broad SMARTS) is 2. The SMILES string of the molecule is O=C(O)c1cccc(C(=O)O)c1Cc1ccc(C=Cc2cccc(OCc3nc4cc(F)ccc4s3)c2)cc1. The van der Waals surface area contributed by atoms with Gasteiger partial charge in [0.1, 0.15) is 23.2 Å². The lowest BCUT2D eigenvalue weighted by Crippen LogP contribution is -2.10. The van der Waals surface area contributed by atoms with E-state index in [-0.39, 0.29) is 35.5 Å². The first-order chi connectivity index (χ1) is 18.9. The van der Waals surface area contributed by atoms with Crippen LogP contribution in [0.3, 0.4) is 0 Å². The van der Waals surface area contributed by atoms with Crippen LogP contribution in [-0.2, 0) is 13.0 Å². The van der Waals surface area contributed by atoms with E-state index in [4.69, 9.17) is 4.74 Å². The van der Waals surface area contributed by atoms with Crippen molar-refractivity contribution in [3.05, 3.63) is 129 Å². The molecule has 0 spiro atoms. The van der Waals surface area contributed by atoms with Gasteiger partial charge in [-0.15, -0.1) is 11.3 Å². The molecule has 4 aromatic carbocycles. The molecular formula is C31H22FNO5S. The molecule has 5 aromatic rings. The fourth-order valence-corrected chi connectivity index (χ4v) is 5.05. The van der Waals surface area contributed by atoms with E-state index in [2.05, 4.69) is 4.98 Å².